The third-order valence-corrected chi connectivity index (χ3v) is 4.21. The number of methoxy groups -OCH3 is 3. The number of anilines is 4. The zero-order valence-corrected chi connectivity index (χ0v) is 16.7. The van der Waals surface area contributed by atoms with E-state index in [1.54, 1.807) is 33.5 Å². The smallest absolute Gasteiger partial charge is 0.234 e. The van der Waals surface area contributed by atoms with Gasteiger partial charge in [0.15, 0.2) is 11.5 Å². The number of halogens is 1. The van der Waals surface area contributed by atoms with Gasteiger partial charge in [-0.25, -0.2) is 9.97 Å². The summed E-state index contributed by atoms with van der Waals surface area (Å²) in [6, 6.07) is 11.0. The molecule has 0 unspecified atom stereocenters. The maximum absolute atomic E-state index is 6.07. The molecule has 9 heteroatoms. The molecule has 1 N–H and O–H groups in total. The molecule has 0 aliphatic rings. The van der Waals surface area contributed by atoms with Crippen molar-refractivity contribution in [2.45, 2.75) is 0 Å². The molecular formula is C19H20ClN5O3. The number of ether oxygens (including phenoxy) is 3. The minimum Gasteiger partial charge on any atom is -0.493 e. The lowest BCUT2D eigenvalue weighted by molar-refractivity contribution is 0.324. The summed E-state index contributed by atoms with van der Waals surface area (Å²) in [6.45, 7) is 0. The van der Waals surface area contributed by atoms with Crippen LogP contribution >= 0.6 is 11.6 Å². The van der Waals surface area contributed by atoms with Crippen LogP contribution in [0.4, 0.5) is 23.3 Å². The summed E-state index contributed by atoms with van der Waals surface area (Å²) in [5.74, 6) is 2.39. The van der Waals surface area contributed by atoms with Gasteiger partial charge in [-0.1, -0.05) is 17.7 Å². The van der Waals surface area contributed by atoms with Crippen molar-refractivity contribution < 1.29 is 14.2 Å². The van der Waals surface area contributed by atoms with E-state index in [0.717, 1.165) is 5.69 Å². The molecule has 0 saturated carbocycles. The summed E-state index contributed by atoms with van der Waals surface area (Å²) in [6.07, 6.45) is 1.43. The molecule has 8 nitrogen and oxygen atoms in total. The van der Waals surface area contributed by atoms with Crippen LogP contribution in [0.1, 0.15) is 0 Å². The van der Waals surface area contributed by atoms with Crippen molar-refractivity contribution in [3.63, 3.8) is 0 Å². The highest BCUT2D eigenvalue weighted by atomic mass is 35.5. The lowest BCUT2D eigenvalue weighted by Gasteiger charge is -2.18. The fourth-order valence-electron chi connectivity index (χ4n) is 2.59. The number of hydrogen-bond acceptors (Lipinski definition) is 8. The number of benzene rings is 2. The molecule has 0 amide bonds. The van der Waals surface area contributed by atoms with Crippen molar-refractivity contribution in [3.05, 3.63) is 47.7 Å². The number of hydrogen-bond donors (Lipinski definition) is 1. The van der Waals surface area contributed by atoms with E-state index in [0.29, 0.717) is 39.9 Å². The minimum atomic E-state index is 0.369. The Morgan fingerprint density at radius 1 is 0.964 bits per heavy atom. The van der Waals surface area contributed by atoms with Gasteiger partial charge in [0.1, 0.15) is 6.33 Å². The molecule has 1 aromatic heterocycles. The Bertz CT molecular complexity index is 945. The van der Waals surface area contributed by atoms with Crippen LogP contribution in [0.15, 0.2) is 42.7 Å². The molecular weight excluding hydrogens is 382 g/mol. The normalized spacial score (nSPS) is 10.3. The number of aromatic nitrogens is 3. The molecule has 1 heterocycles. The van der Waals surface area contributed by atoms with Gasteiger partial charge in [-0.05, 0) is 18.2 Å². The molecule has 146 valence electrons. The van der Waals surface area contributed by atoms with Gasteiger partial charge in [0.05, 0.1) is 21.3 Å². The molecule has 28 heavy (non-hydrogen) atoms. The van der Waals surface area contributed by atoms with Crippen LogP contribution in [-0.4, -0.2) is 43.3 Å². The molecule has 3 rings (SSSR count). The zero-order valence-electron chi connectivity index (χ0n) is 15.9. The molecule has 2 aromatic carbocycles. The highest BCUT2D eigenvalue weighted by Crippen LogP contribution is 2.40. The number of nitrogens with one attached hydrogen (secondary N) is 1. The maximum Gasteiger partial charge on any atom is 0.234 e. The predicted octanol–water partition coefficient (Wildman–Crippen LogP) is 4.06. The highest BCUT2D eigenvalue weighted by molar-refractivity contribution is 6.30. The first-order chi connectivity index (χ1) is 13.5. The van der Waals surface area contributed by atoms with Crippen LogP contribution in [0.3, 0.4) is 0 Å². The van der Waals surface area contributed by atoms with E-state index >= 15 is 0 Å². The van der Waals surface area contributed by atoms with Crippen molar-refractivity contribution >= 4 is 34.9 Å². The van der Waals surface area contributed by atoms with E-state index < -0.39 is 0 Å². The van der Waals surface area contributed by atoms with Gasteiger partial charge in [-0.15, -0.1) is 0 Å². The lowest BCUT2D eigenvalue weighted by Crippen LogP contribution is -2.14. The van der Waals surface area contributed by atoms with E-state index in [4.69, 9.17) is 25.8 Å². The second-order valence-electron chi connectivity index (χ2n) is 5.69. The summed E-state index contributed by atoms with van der Waals surface area (Å²) in [5.41, 5.74) is 1.54. The Morgan fingerprint density at radius 2 is 1.68 bits per heavy atom. The van der Waals surface area contributed by atoms with Crippen LogP contribution in [-0.2, 0) is 0 Å². The number of rotatable bonds is 7. The SMILES string of the molecule is COc1cc(Nc2ncnc(N(C)c3cccc(Cl)c3)n2)cc(OC)c1OC. The van der Waals surface area contributed by atoms with E-state index in [-0.39, 0.29) is 0 Å². The van der Waals surface area contributed by atoms with Crippen LogP contribution in [0.25, 0.3) is 0 Å². The average molecular weight is 402 g/mol. The largest absolute Gasteiger partial charge is 0.493 e. The maximum atomic E-state index is 6.07. The first-order valence-corrected chi connectivity index (χ1v) is 8.69. The van der Waals surface area contributed by atoms with E-state index in [9.17, 15) is 0 Å². The lowest BCUT2D eigenvalue weighted by atomic mass is 10.2. The van der Waals surface area contributed by atoms with Crippen molar-refractivity contribution in [1.82, 2.24) is 15.0 Å². The van der Waals surface area contributed by atoms with Gasteiger partial charge >= 0.3 is 0 Å². The van der Waals surface area contributed by atoms with Crippen molar-refractivity contribution in [1.29, 1.82) is 0 Å². The minimum absolute atomic E-state index is 0.369. The second kappa shape index (κ2) is 8.62. The number of nitrogens with zero attached hydrogens (tertiary/aromatic N) is 4. The second-order valence-corrected chi connectivity index (χ2v) is 6.12. The average Bonchev–Trinajstić information content (AvgIpc) is 2.72. The van der Waals surface area contributed by atoms with Gasteiger partial charge in [0.2, 0.25) is 17.6 Å². The fraction of sp³-hybridized carbons (Fsp3) is 0.211. The summed E-state index contributed by atoms with van der Waals surface area (Å²) in [4.78, 5) is 14.7. The van der Waals surface area contributed by atoms with Gasteiger partial charge < -0.3 is 24.4 Å². The molecule has 0 spiro atoms. The summed E-state index contributed by atoms with van der Waals surface area (Å²) < 4.78 is 16.1. The Kier molecular flexibility index (Phi) is 6.00. The van der Waals surface area contributed by atoms with Gasteiger partial charge in [-0.3, -0.25) is 0 Å². The monoisotopic (exact) mass is 401 g/mol. The van der Waals surface area contributed by atoms with Crippen LogP contribution in [0, 0.1) is 0 Å². The van der Waals surface area contributed by atoms with Crippen LogP contribution in [0.2, 0.25) is 5.02 Å². The van der Waals surface area contributed by atoms with Crippen LogP contribution in [0.5, 0.6) is 17.2 Å². The Hall–Kier alpha value is -3.26. The molecule has 0 aliphatic heterocycles. The standard InChI is InChI=1S/C19H20ClN5O3/c1-25(14-7-5-6-12(20)8-14)19-22-11-21-18(24-19)23-13-9-15(26-2)17(28-4)16(10-13)27-3/h5-11H,1-4H3,(H,21,22,23,24). The van der Waals surface area contributed by atoms with Crippen molar-refractivity contribution in [2.24, 2.45) is 0 Å². The fourth-order valence-corrected chi connectivity index (χ4v) is 2.78. The topological polar surface area (TPSA) is 81.6 Å². The molecule has 0 bridgehead atoms. The summed E-state index contributed by atoms with van der Waals surface area (Å²) in [7, 11) is 6.52. The third kappa shape index (κ3) is 4.17. The highest BCUT2D eigenvalue weighted by Gasteiger charge is 2.15. The Labute approximate surface area is 168 Å². The molecule has 0 aliphatic carbocycles. The molecule has 0 atom stereocenters. The predicted molar refractivity (Wildman–Crippen MR) is 109 cm³/mol. The first kappa shape index (κ1) is 19.5. The van der Waals surface area contributed by atoms with E-state index in [1.165, 1.54) is 6.33 Å². The molecule has 0 fully saturated rings. The van der Waals surface area contributed by atoms with Gasteiger partial charge in [0.25, 0.3) is 0 Å². The summed E-state index contributed by atoms with van der Waals surface area (Å²) >= 11 is 6.07. The molecule has 3 aromatic rings. The van der Waals surface area contributed by atoms with Gasteiger partial charge in [-0.2, -0.15) is 4.98 Å². The third-order valence-electron chi connectivity index (χ3n) is 3.98. The van der Waals surface area contributed by atoms with Crippen LogP contribution < -0.4 is 24.4 Å². The van der Waals surface area contributed by atoms with Gasteiger partial charge in [0, 0.05) is 35.6 Å². The Morgan fingerprint density at radius 3 is 2.29 bits per heavy atom. The first-order valence-electron chi connectivity index (χ1n) is 8.31. The molecule has 0 saturated heterocycles. The van der Waals surface area contributed by atoms with Crippen molar-refractivity contribution in [2.75, 3.05) is 38.6 Å². The van der Waals surface area contributed by atoms with E-state index in [2.05, 4.69) is 20.3 Å². The summed E-state index contributed by atoms with van der Waals surface area (Å²) in [5, 5.41) is 3.77. The molecule has 0 radical (unpaired) electrons. The zero-order chi connectivity index (χ0) is 20.1. The van der Waals surface area contributed by atoms with Crippen molar-refractivity contribution in [3.8, 4) is 17.2 Å². The quantitative estimate of drug-likeness (QED) is 0.634. The van der Waals surface area contributed by atoms with E-state index in [1.807, 2.05) is 36.2 Å². The Balaban J connectivity index is 1.89.